The molecule has 1 aliphatic heterocycles. The third-order valence-electron chi connectivity index (χ3n) is 4.09. The molecule has 0 spiro atoms. The maximum Gasteiger partial charge on any atom is 0.311 e. The van der Waals surface area contributed by atoms with E-state index in [4.69, 9.17) is 4.74 Å². The molecule has 0 fully saturated rings. The topological polar surface area (TPSA) is 77.5 Å². The summed E-state index contributed by atoms with van der Waals surface area (Å²) in [6.45, 7) is 0.613. The highest BCUT2D eigenvalue weighted by molar-refractivity contribution is 5.90. The summed E-state index contributed by atoms with van der Waals surface area (Å²) in [6.07, 6.45) is 0.910. The van der Waals surface area contributed by atoms with E-state index in [2.05, 4.69) is 21.1 Å². The molecule has 0 saturated heterocycles. The zero-order valence-corrected chi connectivity index (χ0v) is 14.0. The summed E-state index contributed by atoms with van der Waals surface area (Å²) in [5, 5.41) is 2.77. The highest BCUT2D eigenvalue weighted by atomic mass is 16.5. The molecule has 1 aromatic carbocycles. The Morgan fingerprint density at radius 3 is 2.92 bits per heavy atom. The summed E-state index contributed by atoms with van der Waals surface area (Å²) in [4.78, 5) is 28.0. The minimum absolute atomic E-state index is 0.0688. The number of methoxy groups -OCH3 is 1. The van der Waals surface area contributed by atoms with Gasteiger partial charge in [-0.3, -0.25) is 9.59 Å². The van der Waals surface area contributed by atoms with E-state index >= 15 is 0 Å². The Balaban J connectivity index is 1.64. The Morgan fingerprint density at radius 1 is 1.24 bits per heavy atom. The molecule has 130 valence electrons. The van der Waals surface area contributed by atoms with E-state index in [1.165, 1.54) is 12.7 Å². The van der Waals surface area contributed by atoms with Gasteiger partial charge in [-0.2, -0.15) is 0 Å². The second-order valence-electron chi connectivity index (χ2n) is 5.83. The minimum Gasteiger partial charge on any atom is -0.469 e. The maximum atomic E-state index is 12.4. The lowest BCUT2D eigenvalue weighted by Crippen LogP contribution is -2.22. The lowest BCUT2D eigenvalue weighted by Gasteiger charge is -2.25. The van der Waals surface area contributed by atoms with E-state index in [1.54, 1.807) is 18.2 Å². The first-order chi connectivity index (χ1) is 12.2. The van der Waals surface area contributed by atoms with Crippen LogP contribution in [0.1, 0.15) is 29.3 Å². The van der Waals surface area contributed by atoms with Crippen molar-refractivity contribution in [1.29, 1.82) is 0 Å². The molecule has 0 radical (unpaired) electrons. The number of esters is 1. The van der Waals surface area contributed by atoms with Gasteiger partial charge in [-0.15, -0.1) is 0 Å². The molecule has 3 rings (SSSR count). The van der Waals surface area contributed by atoms with Gasteiger partial charge in [0, 0.05) is 0 Å². The van der Waals surface area contributed by atoms with Crippen LogP contribution in [0.25, 0.3) is 0 Å². The Bertz CT molecular complexity index is 776. The van der Waals surface area contributed by atoms with Crippen molar-refractivity contribution in [2.75, 3.05) is 19.0 Å². The lowest BCUT2D eigenvalue weighted by atomic mass is 9.95. The molecule has 0 aliphatic carbocycles. The van der Waals surface area contributed by atoms with Crippen LogP contribution in [0.5, 0.6) is 0 Å². The summed E-state index contributed by atoms with van der Waals surface area (Å²) >= 11 is 0. The fourth-order valence-electron chi connectivity index (χ4n) is 2.88. The molecular weight excluding hydrogens is 320 g/mol. The van der Waals surface area contributed by atoms with Gasteiger partial charge in [-0.1, -0.05) is 30.3 Å². The van der Waals surface area contributed by atoms with Crippen LogP contribution < -0.4 is 5.32 Å². The van der Waals surface area contributed by atoms with Gasteiger partial charge in [-0.25, -0.2) is 4.98 Å². The van der Waals surface area contributed by atoms with Crippen molar-refractivity contribution in [2.45, 2.75) is 25.4 Å². The number of ether oxygens (including phenoxy) is 2. The van der Waals surface area contributed by atoms with Crippen molar-refractivity contribution in [2.24, 2.45) is 0 Å². The number of nitrogens with one attached hydrogen (secondary N) is 1. The Labute approximate surface area is 146 Å². The molecule has 2 heterocycles. The van der Waals surface area contributed by atoms with Crippen LogP contribution in [0, 0.1) is 0 Å². The number of carbonyl (C=O) groups is 2. The molecule has 2 aromatic rings. The summed E-state index contributed by atoms with van der Waals surface area (Å²) in [5.41, 5.74) is 2.84. The molecule has 0 bridgehead atoms. The maximum absolute atomic E-state index is 12.4. The standard InChI is InChI=1S/C19H20N2O4/c1-24-19(23)11-14-6-4-8-17(20-14)21-18(22)12-16-15-7-3-2-5-13(15)9-10-25-16/h2-8,16H,9-12H2,1H3,(H,20,21,22)/t16-/m1/s1. The number of rotatable bonds is 5. The number of pyridine rings is 1. The van der Waals surface area contributed by atoms with Crippen molar-refractivity contribution in [1.82, 2.24) is 4.98 Å². The predicted molar refractivity (Wildman–Crippen MR) is 92.0 cm³/mol. The van der Waals surface area contributed by atoms with Gasteiger partial charge in [0.25, 0.3) is 0 Å². The molecule has 0 saturated carbocycles. The fraction of sp³-hybridized carbons (Fsp3) is 0.316. The van der Waals surface area contributed by atoms with Crippen LogP contribution in [0.2, 0.25) is 0 Å². The summed E-state index contributed by atoms with van der Waals surface area (Å²) < 4.78 is 10.4. The lowest BCUT2D eigenvalue weighted by molar-refractivity contribution is -0.139. The third-order valence-corrected chi connectivity index (χ3v) is 4.09. The molecule has 6 nitrogen and oxygen atoms in total. The number of aromatic nitrogens is 1. The van der Waals surface area contributed by atoms with Crippen LogP contribution in [-0.2, 0) is 31.9 Å². The van der Waals surface area contributed by atoms with Gasteiger partial charge >= 0.3 is 5.97 Å². The molecule has 1 atom stereocenters. The van der Waals surface area contributed by atoms with Crippen molar-refractivity contribution < 1.29 is 19.1 Å². The van der Waals surface area contributed by atoms with E-state index in [-0.39, 0.29) is 30.8 Å². The Morgan fingerprint density at radius 2 is 2.08 bits per heavy atom. The summed E-state index contributed by atoms with van der Waals surface area (Å²) in [6, 6.07) is 13.2. The number of fused-ring (bicyclic) bond motifs is 1. The first-order valence-corrected chi connectivity index (χ1v) is 8.17. The number of benzene rings is 1. The number of anilines is 1. The average Bonchev–Trinajstić information content (AvgIpc) is 2.62. The van der Waals surface area contributed by atoms with Gasteiger partial charge in [-0.05, 0) is 29.7 Å². The minimum atomic E-state index is -0.372. The summed E-state index contributed by atoms with van der Waals surface area (Å²) in [5.74, 6) is -0.136. The van der Waals surface area contributed by atoms with Crippen molar-refractivity contribution in [3.8, 4) is 0 Å². The Hall–Kier alpha value is -2.73. The zero-order valence-electron chi connectivity index (χ0n) is 14.0. The highest BCUT2D eigenvalue weighted by Crippen LogP contribution is 2.29. The first kappa shape index (κ1) is 17.1. The van der Waals surface area contributed by atoms with Crippen molar-refractivity contribution >= 4 is 17.7 Å². The number of carbonyl (C=O) groups excluding carboxylic acids is 2. The van der Waals surface area contributed by atoms with E-state index in [0.29, 0.717) is 18.1 Å². The quantitative estimate of drug-likeness (QED) is 0.846. The van der Waals surface area contributed by atoms with Gasteiger partial charge in [0.05, 0.1) is 38.4 Å². The zero-order chi connectivity index (χ0) is 17.6. The molecular formula is C19H20N2O4. The van der Waals surface area contributed by atoms with Gasteiger partial charge in [0.1, 0.15) is 5.82 Å². The number of amides is 1. The first-order valence-electron chi connectivity index (χ1n) is 8.17. The van der Waals surface area contributed by atoms with Crippen LogP contribution in [0.4, 0.5) is 5.82 Å². The normalized spacial score (nSPS) is 16.0. The molecule has 1 aromatic heterocycles. The molecule has 1 amide bonds. The molecule has 25 heavy (non-hydrogen) atoms. The number of hydrogen-bond donors (Lipinski definition) is 1. The average molecular weight is 340 g/mol. The second-order valence-corrected chi connectivity index (χ2v) is 5.83. The fourth-order valence-corrected chi connectivity index (χ4v) is 2.88. The van der Waals surface area contributed by atoms with E-state index in [0.717, 1.165) is 12.0 Å². The number of nitrogens with zero attached hydrogens (tertiary/aromatic N) is 1. The molecule has 1 aliphatic rings. The van der Waals surface area contributed by atoms with Crippen LogP contribution in [-0.4, -0.2) is 30.6 Å². The van der Waals surface area contributed by atoms with Crippen LogP contribution in [0.15, 0.2) is 42.5 Å². The smallest absolute Gasteiger partial charge is 0.311 e. The largest absolute Gasteiger partial charge is 0.469 e. The van der Waals surface area contributed by atoms with E-state index < -0.39 is 0 Å². The van der Waals surface area contributed by atoms with Crippen LogP contribution >= 0.6 is 0 Å². The van der Waals surface area contributed by atoms with E-state index in [1.807, 2.05) is 18.2 Å². The summed E-state index contributed by atoms with van der Waals surface area (Å²) in [7, 11) is 1.33. The number of hydrogen-bond acceptors (Lipinski definition) is 5. The predicted octanol–water partition coefficient (Wildman–Crippen LogP) is 2.44. The van der Waals surface area contributed by atoms with Gasteiger partial charge in [0.15, 0.2) is 0 Å². The molecule has 1 N–H and O–H groups in total. The second kappa shape index (κ2) is 7.90. The van der Waals surface area contributed by atoms with E-state index in [9.17, 15) is 9.59 Å². The van der Waals surface area contributed by atoms with Crippen LogP contribution in [0.3, 0.4) is 0 Å². The molecule has 6 heteroatoms. The SMILES string of the molecule is COC(=O)Cc1cccc(NC(=O)C[C@H]2OCCc3ccccc32)n1. The monoisotopic (exact) mass is 340 g/mol. The molecule has 0 unspecified atom stereocenters. The van der Waals surface area contributed by atoms with Crippen molar-refractivity contribution in [3.63, 3.8) is 0 Å². The van der Waals surface area contributed by atoms with Gasteiger partial charge < -0.3 is 14.8 Å². The third kappa shape index (κ3) is 4.42. The van der Waals surface area contributed by atoms with Crippen molar-refractivity contribution in [3.05, 3.63) is 59.3 Å². The highest BCUT2D eigenvalue weighted by Gasteiger charge is 2.23. The van der Waals surface area contributed by atoms with Gasteiger partial charge in [0.2, 0.25) is 5.91 Å². The Kier molecular flexibility index (Phi) is 5.40.